The molecule has 0 saturated carbocycles. The summed E-state index contributed by atoms with van der Waals surface area (Å²) in [4.78, 5) is 32.7. The largest absolute Gasteiger partial charge is 0.331 e. The van der Waals surface area contributed by atoms with Gasteiger partial charge in [-0.15, -0.1) is 0 Å². The molecule has 0 saturated heterocycles. The van der Waals surface area contributed by atoms with Crippen molar-refractivity contribution in [2.45, 2.75) is 12.5 Å². The van der Waals surface area contributed by atoms with Crippen LogP contribution in [-0.2, 0) is 18.3 Å². The van der Waals surface area contributed by atoms with Crippen LogP contribution < -0.4 is 5.32 Å². The quantitative estimate of drug-likeness (QED) is 0.682. The van der Waals surface area contributed by atoms with Crippen molar-refractivity contribution in [1.82, 2.24) is 24.6 Å². The first-order valence-electron chi connectivity index (χ1n) is 9.60. The molecule has 0 bridgehead atoms. The molecule has 0 aliphatic carbocycles. The third kappa shape index (κ3) is 4.83. The number of nitrogens with one attached hydrogen (secondary N) is 1. The highest BCUT2D eigenvalue weighted by atomic mass is 16.2. The second kappa shape index (κ2) is 9.21. The maximum Gasteiger partial charge on any atom is 0.319 e. The Kier molecular flexibility index (Phi) is 6.46. The van der Waals surface area contributed by atoms with Gasteiger partial charge in [0.05, 0.1) is 5.69 Å². The molecule has 2 aromatic heterocycles. The van der Waals surface area contributed by atoms with Gasteiger partial charge in [0.25, 0.3) is 0 Å². The van der Waals surface area contributed by atoms with Gasteiger partial charge >= 0.3 is 6.03 Å². The van der Waals surface area contributed by atoms with Crippen LogP contribution in [0.2, 0.25) is 0 Å². The zero-order valence-corrected chi connectivity index (χ0v) is 17.6. The lowest BCUT2D eigenvalue weighted by Crippen LogP contribution is -2.49. The third-order valence-electron chi connectivity index (χ3n) is 4.83. The van der Waals surface area contributed by atoms with Crippen molar-refractivity contribution in [1.29, 1.82) is 0 Å². The molecular formula is C22H26N6O2. The molecule has 0 fully saturated rings. The summed E-state index contributed by atoms with van der Waals surface area (Å²) >= 11 is 0. The van der Waals surface area contributed by atoms with E-state index in [-0.39, 0.29) is 11.9 Å². The summed E-state index contributed by atoms with van der Waals surface area (Å²) < 4.78 is 1.61. The Morgan fingerprint density at radius 2 is 1.73 bits per heavy atom. The van der Waals surface area contributed by atoms with Gasteiger partial charge in [-0.2, -0.15) is 5.10 Å². The number of carbonyl (C=O) groups is 2. The summed E-state index contributed by atoms with van der Waals surface area (Å²) in [6.07, 6.45) is 3.79. The third-order valence-corrected chi connectivity index (χ3v) is 4.83. The van der Waals surface area contributed by atoms with Crippen molar-refractivity contribution in [3.8, 4) is 11.3 Å². The first-order chi connectivity index (χ1) is 14.4. The number of aryl methyl sites for hydroxylation is 1. The van der Waals surface area contributed by atoms with Gasteiger partial charge in [0.2, 0.25) is 5.91 Å². The monoisotopic (exact) mass is 406 g/mol. The van der Waals surface area contributed by atoms with E-state index >= 15 is 0 Å². The van der Waals surface area contributed by atoms with E-state index in [2.05, 4.69) is 15.4 Å². The SMILES string of the molecule is CN(C)C(=O)N(C)[C@@H](Cc1ccccc1)C(=O)Nc1cc(-c2ccncc2)nn1C. The lowest BCUT2D eigenvalue weighted by molar-refractivity contribution is -0.120. The maximum atomic E-state index is 13.2. The van der Waals surface area contributed by atoms with Crippen LogP contribution in [0.15, 0.2) is 60.9 Å². The predicted octanol–water partition coefficient (Wildman–Crippen LogP) is 2.65. The zero-order chi connectivity index (χ0) is 21.7. The number of anilines is 1. The fourth-order valence-electron chi connectivity index (χ4n) is 3.15. The number of nitrogens with zero attached hydrogens (tertiary/aromatic N) is 5. The number of hydrogen-bond donors (Lipinski definition) is 1. The average molecular weight is 406 g/mol. The Morgan fingerprint density at radius 3 is 2.37 bits per heavy atom. The van der Waals surface area contributed by atoms with Crippen molar-refractivity contribution >= 4 is 17.8 Å². The van der Waals surface area contributed by atoms with E-state index in [1.165, 1.54) is 9.80 Å². The van der Waals surface area contributed by atoms with Gasteiger partial charge in [-0.1, -0.05) is 30.3 Å². The first-order valence-corrected chi connectivity index (χ1v) is 9.60. The smallest absolute Gasteiger partial charge is 0.319 e. The molecule has 30 heavy (non-hydrogen) atoms. The minimum absolute atomic E-state index is 0.242. The number of urea groups is 1. The molecule has 0 unspecified atom stereocenters. The molecule has 1 atom stereocenters. The molecular weight excluding hydrogens is 380 g/mol. The number of carbonyl (C=O) groups excluding carboxylic acids is 2. The summed E-state index contributed by atoms with van der Waals surface area (Å²) in [6.45, 7) is 0. The highest BCUT2D eigenvalue weighted by molar-refractivity contribution is 5.97. The minimum atomic E-state index is -0.679. The van der Waals surface area contributed by atoms with Gasteiger partial charge in [0.15, 0.2) is 0 Å². The van der Waals surface area contributed by atoms with Gasteiger partial charge < -0.3 is 15.1 Å². The van der Waals surface area contributed by atoms with Gasteiger partial charge in [-0.3, -0.25) is 14.5 Å². The van der Waals surface area contributed by atoms with E-state index in [1.54, 1.807) is 51.3 Å². The number of hydrogen-bond acceptors (Lipinski definition) is 4. The number of likely N-dealkylation sites (N-methyl/N-ethyl adjacent to an activating group) is 1. The molecule has 1 N–H and O–H groups in total. The van der Waals surface area contributed by atoms with Crippen LogP contribution in [0.1, 0.15) is 5.56 Å². The fraction of sp³-hybridized carbons (Fsp3) is 0.273. The molecule has 0 radical (unpaired) electrons. The molecule has 0 spiro atoms. The van der Waals surface area contributed by atoms with Crippen LogP contribution in [0, 0.1) is 0 Å². The van der Waals surface area contributed by atoms with E-state index in [1.807, 2.05) is 42.5 Å². The van der Waals surface area contributed by atoms with Crippen LogP contribution in [0.3, 0.4) is 0 Å². The molecule has 8 heteroatoms. The van der Waals surface area contributed by atoms with Gasteiger partial charge in [-0.05, 0) is 17.7 Å². The summed E-state index contributed by atoms with van der Waals surface area (Å²) in [7, 11) is 6.74. The van der Waals surface area contributed by atoms with Crippen molar-refractivity contribution in [2.75, 3.05) is 26.5 Å². The molecule has 1 aromatic carbocycles. The maximum absolute atomic E-state index is 13.2. The number of amides is 3. The van der Waals surface area contributed by atoms with Crippen molar-refractivity contribution in [3.63, 3.8) is 0 Å². The molecule has 3 rings (SSSR count). The molecule has 0 aliphatic heterocycles. The first kappa shape index (κ1) is 21.0. The standard InChI is InChI=1S/C22H26N6O2/c1-26(2)22(30)27(3)19(14-16-8-6-5-7-9-16)21(29)24-20-15-18(25-28(20)4)17-10-12-23-13-11-17/h5-13,15,19H,14H2,1-4H3,(H,24,29)/t19-/m0/s1. The Bertz CT molecular complexity index is 1000. The van der Waals surface area contributed by atoms with E-state index in [0.29, 0.717) is 12.2 Å². The Morgan fingerprint density at radius 1 is 1.07 bits per heavy atom. The van der Waals surface area contributed by atoms with Crippen LogP contribution in [0.5, 0.6) is 0 Å². The lowest BCUT2D eigenvalue weighted by atomic mass is 10.0. The van der Waals surface area contributed by atoms with E-state index in [4.69, 9.17) is 0 Å². The molecule has 2 heterocycles. The lowest BCUT2D eigenvalue weighted by Gasteiger charge is -2.29. The van der Waals surface area contributed by atoms with Gasteiger partial charge in [0.1, 0.15) is 11.9 Å². The highest BCUT2D eigenvalue weighted by Gasteiger charge is 2.29. The van der Waals surface area contributed by atoms with E-state index in [9.17, 15) is 9.59 Å². The Labute approximate surface area is 176 Å². The van der Waals surface area contributed by atoms with E-state index in [0.717, 1.165) is 16.8 Å². The number of pyridine rings is 1. The van der Waals surface area contributed by atoms with Crippen LogP contribution in [0.4, 0.5) is 10.6 Å². The van der Waals surface area contributed by atoms with Crippen molar-refractivity contribution < 1.29 is 9.59 Å². The highest BCUT2D eigenvalue weighted by Crippen LogP contribution is 2.21. The second-order valence-corrected chi connectivity index (χ2v) is 7.26. The van der Waals surface area contributed by atoms with Crippen LogP contribution in [0.25, 0.3) is 11.3 Å². The second-order valence-electron chi connectivity index (χ2n) is 7.26. The number of benzene rings is 1. The minimum Gasteiger partial charge on any atom is -0.331 e. The van der Waals surface area contributed by atoms with Crippen LogP contribution in [-0.4, -0.2) is 63.7 Å². The molecule has 3 amide bonds. The molecule has 3 aromatic rings. The number of aromatic nitrogens is 3. The summed E-state index contributed by atoms with van der Waals surface area (Å²) in [5.41, 5.74) is 2.60. The average Bonchev–Trinajstić information content (AvgIpc) is 3.12. The summed E-state index contributed by atoms with van der Waals surface area (Å²) in [5, 5.41) is 7.40. The zero-order valence-electron chi connectivity index (χ0n) is 17.6. The fourth-order valence-corrected chi connectivity index (χ4v) is 3.15. The summed E-state index contributed by atoms with van der Waals surface area (Å²) in [5.74, 6) is 0.274. The number of rotatable bonds is 6. The van der Waals surface area contributed by atoms with Gasteiger partial charge in [-0.25, -0.2) is 4.79 Å². The Hall–Kier alpha value is -3.68. The van der Waals surface area contributed by atoms with Crippen molar-refractivity contribution in [2.24, 2.45) is 7.05 Å². The van der Waals surface area contributed by atoms with Crippen molar-refractivity contribution in [3.05, 3.63) is 66.5 Å². The van der Waals surface area contributed by atoms with Crippen LogP contribution >= 0.6 is 0 Å². The van der Waals surface area contributed by atoms with E-state index < -0.39 is 6.04 Å². The summed E-state index contributed by atoms with van der Waals surface area (Å²) in [6, 6.07) is 14.2. The predicted molar refractivity (Wildman–Crippen MR) is 116 cm³/mol. The molecule has 8 nitrogen and oxygen atoms in total. The topological polar surface area (TPSA) is 83.4 Å². The molecule has 156 valence electrons. The molecule has 0 aliphatic rings. The Balaban J connectivity index is 1.84. The van der Waals surface area contributed by atoms with Gasteiger partial charge in [0, 0.05) is 58.6 Å². The normalized spacial score (nSPS) is 11.6.